The fourth-order valence-electron chi connectivity index (χ4n) is 1.69. The maximum absolute atomic E-state index is 11.8. The Bertz CT molecular complexity index is 481. The van der Waals surface area contributed by atoms with E-state index in [9.17, 15) is 8.42 Å². The van der Waals surface area contributed by atoms with Crippen molar-refractivity contribution in [3.8, 4) is 5.75 Å². The number of nitrogens with two attached hydrogens (primary N) is 1. The molecule has 0 aliphatic rings. The van der Waals surface area contributed by atoms with Crippen LogP contribution >= 0.6 is 0 Å². The Hall–Kier alpha value is -1.23. The zero-order valence-electron chi connectivity index (χ0n) is 10.4. The summed E-state index contributed by atoms with van der Waals surface area (Å²) in [5, 5.41) is 0. The van der Waals surface area contributed by atoms with Crippen LogP contribution < -0.4 is 10.5 Å². The lowest BCUT2D eigenvalue weighted by Crippen LogP contribution is -2.14. The van der Waals surface area contributed by atoms with Gasteiger partial charge in [0.15, 0.2) is 9.84 Å². The van der Waals surface area contributed by atoms with E-state index in [2.05, 4.69) is 0 Å². The van der Waals surface area contributed by atoms with Gasteiger partial charge in [-0.25, -0.2) is 8.42 Å². The number of rotatable bonds is 5. The number of methoxy groups -OCH3 is 1. The standard InChI is InChI=1S/C12H19NO3S/c1-9(2)7-17(14,15)8-10-4-5-12(16-3)11(13)6-10/h4-6,9H,7-8,13H2,1-3H3. The molecular weight excluding hydrogens is 238 g/mol. The van der Waals surface area contributed by atoms with Gasteiger partial charge in [-0.05, 0) is 23.6 Å². The van der Waals surface area contributed by atoms with Crippen LogP contribution in [0.5, 0.6) is 5.75 Å². The fourth-order valence-corrected chi connectivity index (χ4v) is 3.52. The highest BCUT2D eigenvalue weighted by Gasteiger charge is 2.14. The normalized spacial score (nSPS) is 11.8. The maximum Gasteiger partial charge on any atom is 0.154 e. The molecule has 0 spiro atoms. The summed E-state index contributed by atoms with van der Waals surface area (Å²) in [5.74, 6) is 0.920. The lowest BCUT2D eigenvalue weighted by atomic mass is 10.2. The second-order valence-electron chi connectivity index (χ2n) is 4.52. The molecule has 4 nitrogen and oxygen atoms in total. The third-order valence-corrected chi connectivity index (χ3v) is 4.22. The summed E-state index contributed by atoms with van der Waals surface area (Å²) in [6.45, 7) is 3.78. The summed E-state index contributed by atoms with van der Waals surface area (Å²) in [4.78, 5) is 0. The minimum Gasteiger partial charge on any atom is -0.495 e. The van der Waals surface area contributed by atoms with Crippen LogP contribution in [-0.2, 0) is 15.6 Å². The molecule has 1 aromatic carbocycles. The summed E-state index contributed by atoms with van der Waals surface area (Å²) in [5.41, 5.74) is 6.89. The van der Waals surface area contributed by atoms with E-state index >= 15 is 0 Å². The molecule has 0 aliphatic heterocycles. The van der Waals surface area contributed by atoms with Gasteiger partial charge in [0, 0.05) is 0 Å². The van der Waals surface area contributed by atoms with Gasteiger partial charge in [-0.1, -0.05) is 19.9 Å². The zero-order valence-corrected chi connectivity index (χ0v) is 11.3. The zero-order chi connectivity index (χ0) is 13.1. The third kappa shape index (κ3) is 4.26. The average molecular weight is 257 g/mol. The molecule has 0 atom stereocenters. The second-order valence-corrected chi connectivity index (χ2v) is 6.63. The largest absolute Gasteiger partial charge is 0.495 e. The van der Waals surface area contributed by atoms with E-state index in [0.29, 0.717) is 17.0 Å². The van der Waals surface area contributed by atoms with Crippen molar-refractivity contribution in [1.29, 1.82) is 0 Å². The van der Waals surface area contributed by atoms with Gasteiger partial charge in [-0.15, -0.1) is 0 Å². The van der Waals surface area contributed by atoms with Crippen LogP contribution in [0.2, 0.25) is 0 Å². The molecular formula is C12H19NO3S. The van der Waals surface area contributed by atoms with E-state index < -0.39 is 9.84 Å². The van der Waals surface area contributed by atoms with Gasteiger partial charge in [-0.3, -0.25) is 0 Å². The lowest BCUT2D eigenvalue weighted by molar-refractivity contribution is 0.417. The summed E-state index contributed by atoms with van der Waals surface area (Å²) in [7, 11) is -1.54. The van der Waals surface area contributed by atoms with E-state index in [4.69, 9.17) is 10.5 Å². The summed E-state index contributed by atoms with van der Waals surface area (Å²) >= 11 is 0. The minimum atomic E-state index is -3.07. The number of hydrogen-bond donors (Lipinski definition) is 1. The van der Waals surface area contributed by atoms with Gasteiger partial charge >= 0.3 is 0 Å². The molecule has 0 aliphatic carbocycles. The Morgan fingerprint density at radius 2 is 2.00 bits per heavy atom. The molecule has 96 valence electrons. The minimum absolute atomic E-state index is 0.0272. The predicted molar refractivity (Wildman–Crippen MR) is 69.7 cm³/mol. The smallest absolute Gasteiger partial charge is 0.154 e. The van der Waals surface area contributed by atoms with Crippen molar-refractivity contribution in [2.75, 3.05) is 18.6 Å². The van der Waals surface area contributed by atoms with Crippen LogP contribution in [0.3, 0.4) is 0 Å². The number of hydrogen-bond acceptors (Lipinski definition) is 4. The number of nitrogen functional groups attached to an aromatic ring is 1. The van der Waals surface area contributed by atoms with Crippen molar-refractivity contribution in [2.24, 2.45) is 5.92 Å². The van der Waals surface area contributed by atoms with Gasteiger partial charge in [0.2, 0.25) is 0 Å². The molecule has 0 heterocycles. The van der Waals surface area contributed by atoms with Crippen molar-refractivity contribution in [1.82, 2.24) is 0 Å². The molecule has 0 fully saturated rings. The van der Waals surface area contributed by atoms with Crippen LogP contribution in [-0.4, -0.2) is 21.3 Å². The van der Waals surface area contributed by atoms with E-state index in [1.165, 1.54) is 7.11 Å². The molecule has 0 saturated carbocycles. The molecule has 0 aromatic heterocycles. The van der Waals surface area contributed by atoms with E-state index in [-0.39, 0.29) is 17.4 Å². The van der Waals surface area contributed by atoms with Gasteiger partial charge in [0.05, 0.1) is 24.3 Å². The molecule has 0 bridgehead atoms. The highest BCUT2D eigenvalue weighted by molar-refractivity contribution is 7.90. The van der Waals surface area contributed by atoms with Crippen LogP contribution in [0.15, 0.2) is 18.2 Å². The highest BCUT2D eigenvalue weighted by Crippen LogP contribution is 2.23. The first-order valence-corrected chi connectivity index (χ1v) is 7.29. The molecule has 2 N–H and O–H groups in total. The molecule has 1 aromatic rings. The van der Waals surface area contributed by atoms with Crippen LogP contribution in [0.4, 0.5) is 5.69 Å². The third-order valence-electron chi connectivity index (χ3n) is 2.27. The lowest BCUT2D eigenvalue weighted by Gasteiger charge is -2.09. The number of sulfone groups is 1. The number of ether oxygens (including phenoxy) is 1. The summed E-state index contributed by atoms with van der Waals surface area (Å²) in [6, 6.07) is 5.07. The second kappa shape index (κ2) is 5.40. The Morgan fingerprint density at radius 1 is 1.35 bits per heavy atom. The molecule has 5 heteroatoms. The Kier molecular flexibility index (Phi) is 4.40. The molecule has 17 heavy (non-hydrogen) atoms. The van der Waals surface area contributed by atoms with Crippen molar-refractivity contribution in [3.63, 3.8) is 0 Å². The predicted octanol–water partition coefficient (Wildman–Crippen LogP) is 1.85. The van der Waals surface area contributed by atoms with Crippen molar-refractivity contribution >= 4 is 15.5 Å². The average Bonchev–Trinajstić information content (AvgIpc) is 2.14. The van der Waals surface area contributed by atoms with Crippen LogP contribution in [0.25, 0.3) is 0 Å². The monoisotopic (exact) mass is 257 g/mol. The van der Waals surface area contributed by atoms with E-state index in [1.807, 2.05) is 13.8 Å². The SMILES string of the molecule is COc1ccc(CS(=O)(=O)CC(C)C)cc1N. The summed E-state index contributed by atoms with van der Waals surface area (Å²) < 4.78 is 28.6. The van der Waals surface area contributed by atoms with Gasteiger partial charge < -0.3 is 10.5 Å². The van der Waals surface area contributed by atoms with Gasteiger partial charge in [0.25, 0.3) is 0 Å². The van der Waals surface area contributed by atoms with E-state index in [1.54, 1.807) is 18.2 Å². The maximum atomic E-state index is 11.8. The topological polar surface area (TPSA) is 69.4 Å². The van der Waals surface area contributed by atoms with E-state index in [0.717, 1.165) is 0 Å². The molecule has 0 saturated heterocycles. The first kappa shape index (κ1) is 13.8. The first-order chi connectivity index (χ1) is 7.84. The first-order valence-electron chi connectivity index (χ1n) is 5.47. The molecule has 0 amide bonds. The van der Waals surface area contributed by atoms with Crippen LogP contribution in [0.1, 0.15) is 19.4 Å². The van der Waals surface area contributed by atoms with Gasteiger partial charge in [-0.2, -0.15) is 0 Å². The van der Waals surface area contributed by atoms with Crippen molar-refractivity contribution in [2.45, 2.75) is 19.6 Å². The van der Waals surface area contributed by atoms with Crippen molar-refractivity contribution in [3.05, 3.63) is 23.8 Å². The highest BCUT2D eigenvalue weighted by atomic mass is 32.2. The molecule has 1 rings (SSSR count). The molecule has 0 unspecified atom stereocenters. The summed E-state index contributed by atoms with van der Waals surface area (Å²) in [6.07, 6.45) is 0. The van der Waals surface area contributed by atoms with Gasteiger partial charge in [0.1, 0.15) is 5.75 Å². The quantitative estimate of drug-likeness (QED) is 0.817. The fraction of sp³-hybridized carbons (Fsp3) is 0.500. The van der Waals surface area contributed by atoms with Crippen molar-refractivity contribution < 1.29 is 13.2 Å². The Labute approximate surface area is 103 Å². The number of benzene rings is 1. The number of anilines is 1. The van der Waals surface area contributed by atoms with Crippen LogP contribution in [0, 0.1) is 5.92 Å². The Morgan fingerprint density at radius 3 is 2.47 bits per heavy atom. The Balaban J connectivity index is 2.86. The molecule has 0 radical (unpaired) electrons.